The van der Waals surface area contributed by atoms with Crippen LogP contribution in [0.25, 0.3) is 0 Å². The fraction of sp³-hybridized carbons (Fsp3) is 0.0500. The zero-order chi connectivity index (χ0) is 20.9. The summed E-state index contributed by atoms with van der Waals surface area (Å²) in [5.74, 6) is 0.0238. The highest BCUT2D eigenvalue weighted by molar-refractivity contribution is 7.89. The van der Waals surface area contributed by atoms with E-state index >= 15 is 0 Å². The van der Waals surface area contributed by atoms with Crippen molar-refractivity contribution in [3.05, 3.63) is 90.0 Å². The zero-order valence-electron chi connectivity index (χ0n) is 15.4. The molecule has 0 radical (unpaired) electrons. The van der Waals surface area contributed by atoms with Crippen LogP contribution in [-0.2, 0) is 20.1 Å². The van der Waals surface area contributed by atoms with Crippen LogP contribution in [0.4, 0.5) is 0 Å². The maximum Gasteiger partial charge on any atom is 0.339 e. The van der Waals surface area contributed by atoms with E-state index in [1.807, 2.05) is 6.92 Å². The number of para-hydroxylation sites is 1. The molecule has 1 N–H and O–H groups in total. The lowest BCUT2D eigenvalue weighted by atomic mass is 10.2. The van der Waals surface area contributed by atoms with Crippen LogP contribution in [0.2, 0.25) is 0 Å². The van der Waals surface area contributed by atoms with Crippen LogP contribution < -0.4 is 9.01 Å². The molecule has 0 aliphatic carbocycles. The number of hydrogen-bond acceptors (Lipinski definition) is 6. The monoisotopic (exact) mass is 430 g/mol. The van der Waals surface area contributed by atoms with E-state index < -0.39 is 20.1 Å². The van der Waals surface area contributed by atoms with Crippen molar-refractivity contribution in [2.45, 2.75) is 16.7 Å². The van der Waals surface area contributed by atoms with Gasteiger partial charge >= 0.3 is 10.1 Å². The fourth-order valence-corrected chi connectivity index (χ4v) is 4.12. The highest BCUT2D eigenvalue weighted by Gasteiger charge is 2.18. The van der Waals surface area contributed by atoms with Gasteiger partial charge in [0.2, 0.25) is 0 Å². The van der Waals surface area contributed by atoms with E-state index in [9.17, 15) is 16.8 Å². The van der Waals surface area contributed by atoms with Crippen molar-refractivity contribution in [1.29, 1.82) is 0 Å². The van der Waals surface area contributed by atoms with Crippen LogP contribution in [0.15, 0.2) is 93.8 Å². The van der Waals surface area contributed by atoms with Gasteiger partial charge in [-0.1, -0.05) is 48.0 Å². The lowest BCUT2D eigenvalue weighted by molar-refractivity contribution is 0.485. The minimum atomic E-state index is -4.05. The lowest BCUT2D eigenvalue weighted by Crippen LogP contribution is -2.18. The SMILES string of the molecule is Cc1ccc(S(=O)(=O)Oc2ccccc2/C=N/NS(=O)(=O)c2ccccc2)cc1. The number of benzene rings is 3. The molecule has 0 fully saturated rings. The third-order valence-corrected chi connectivity index (χ3v) is 6.35. The third-order valence-electron chi connectivity index (χ3n) is 3.86. The van der Waals surface area contributed by atoms with Gasteiger partial charge in [-0.15, -0.1) is 0 Å². The Morgan fingerprint density at radius 3 is 2.10 bits per heavy atom. The fourth-order valence-electron chi connectivity index (χ4n) is 2.35. The molecular weight excluding hydrogens is 412 g/mol. The van der Waals surface area contributed by atoms with Gasteiger partial charge in [-0.05, 0) is 43.3 Å². The summed E-state index contributed by atoms with van der Waals surface area (Å²) in [6, 6.07) is 20.3. The maximum absolute atomic E-state index is 12.5. The Morgan fingerprint density at radius 2 is 1.41 bits per heavy atom. The largest absolute Gasteiger partial charge is 0.378 e. The quantitative estimate of drug-likeness (QED) is 0.353. The van der Waals surface area contributed by atoms with Gasteiger partial charge in [-0.3, -0.25) is 0 Å². The molecule has 0 saturated carbocycles. The predicted molar refractivity (Wildman–Crippen MR) is 110 cm³/mol. The molecule has 3 aromatic rings. The maximum atomic E-state index is 12.5. The molecule has 150 valence electrons. The number of nitrogens with zero attached hydrogens (tertiary/aromatic N) is 1. The van der Waals surface area contributed by atoms with Crippen molar-refractivity contribution in [3.63, 3.8) is 0 Å². The first-order valence-corrected chi connectivity index (χ1v) is 11.4. The lowest BCUT2D eigenvalue weighted by Gasteiger charge is -2.09. The van der Waals surface area contributed by atoms with E-state index in [0.717, 1.165) is 5.56 Å². The number of nitrogens with one attached hydrogen (secondary N) is 1. The summed E-state index contributed by atoms with van der Waals surface area (Å²) >= 11 is 0. The number of aryl methyl sites for hydroxylation is 1. The summed E-state index contributed by atoms with van der Waals surface area (Å²) in [6.45, 7) is 1.85. The van der Waals surface area contributed by atoms with Crippen molar-refractivity contribution in [3.8, 4) is 5.75 Å². The van der Waals surface area contributed by atoms with Crippen LogP contribution in [0.1, 0.15) is 11.1 Å². The number of sulfonamides is 1. The average molecular weight is 431 g/mol. The molecule has 0 aliphatic heterocycles. The summed E-state index contributed by atoms with van der Waals surface area (Å²) in [5, 5.41) is 3.73. The van der Waals surface area contributed by atoms with Crippen molar-refractivity contribution in [2.24, 2.45) is 5.10 Å². The number of hydrogen-bond donors (Lipinski definition) is 1. The molecular formula is C20H18N2O5S2. The van der Waals surface area contributed by atoms with Gasteiger partial charge in [-0.2, -0.15) is 21.9 Å². The Hall–Kier alpha value is -3.17. The zero-order valence-corrected chi connectivity index (χ0v) is 17.0. The van der Waals surface area contributed by atoms with E-state index in [1.165, 1.54) is 36.5 Å². The Bertz CT molecular complexity index is 1220. The molecule has 0 heterocycles. The van der Waals surface area contributed by atoms with E-state index in [0.29, 0.717) is 5.56 Å². The topological polar surface area (TPSA) is 102 Å². The van der Waals surface area contributed by atoms with Gasteiger partial charge in [0, 0.05) is 5.56 Å². The van der Waals surface area contributed by atoms with E-state index in [4.69, 9.17) is 4.18 Å². The second-order valence-corrected chi connectivity index (χ2v) is 9.26. The van der Waals surface area contributed by atoms with Crippen molar-refractivity contribution in [1.82, 2.24) is 4.83 Å². The minimum absolute atomic E-state index is 0.0135. The van der Waals surface area contributed by atoms with E-state index in [-0.39, 0.29) is 15.5 Å². The molecule has 29 heavy (non-hydrogen) atoms. The number of hydrazone groups is 1. The average Bonchev–Trinajstić information content (AvgIpc) is 2.70. The van der Waals surface area contributed by atoms with Crippen LogP contribution in [-0.4, -0.2) is 23.1 Å². The molecule has 0 aromatic heterocycles. The molecule has 9 heteroatoms. The summed E-state index contributed by atoms with van der Waals surface area (Å²) < 4.78 is 54.6. The molecule has 0 bridgehead atoms. The van der Waals surface area contributed by atoms with Crippen LogP contribution in [0.5, 0.6) is 5.75 Å². The Morgan fingerprint density at radius 1 is 0.793 bits per heavy atom. The first-order chi connectivity index (χ1) is 13.8. The van der Waals surface area contributed by atoms with Gasteiger partial charge in [0.15, 0.2) is 5.75 Å². The van der Waals surface area contributed by atoms with Gasteiger partial charge in [0.1, 0.15) is 4.90 Å². The third kappa shape index (κ3) is 5.21. The highest BCUT2D eigenvalue weighted by Crippen LogP contribution is 2.22. The smallest absolute Gasteiger partial charge is 0.339 e. The van der Waals surface area contributed by atoms with Gasteiger partial charge in [-0.25, -0.2) is 4.83 Å². The molecule has 7 nitrogen and oxygen atoms in total. The van der Waals surface area contributed by atoms with Crippen LogP contribution >= 0.6 is 0 Å². The molecule has 0 amide bonds. The standard InChI is InChI=1S/C20H18N2O5S2/c1-16-11-13-19(14-12-16)29(25,26)27-20-10-6-5-7-17(20)15-21-22-28(23,24)18-8-3-2-4-9-18/h2-15,22H,1H3/b21-15+. The predicted octanol–water partition coefficient (Wildman–Crippen LogP) is 3.08. The second kappa shape index (κ2) is 8.46. The van der Waals surface area contributed by atoms with Crippen molar-refractivity contribution >= 4 is 26.4 Å². The van der Waals surface area contributed by atoms with Crippen molar-refractivity contribution < 1.29 is 21.0 Å². The normalized spacial score (nSPS) is 12.0. The molecule has 3 aromatic carbocycles. The molecule has 0 spiro atoms. The molecule has 0 unspecified atom stereocenters. The van der Waals surface area contributed by atoms with Gasteiger partial charge in [0.05, 0.1) is 11.1 Å². The molecule has 0 aliphatic rings. The highest BCUT2D eigenvalue weighted by atomic mass is 32.2. The Labute approximate surface area is 169 Å². The van der Waals surface area contributed by atoms with Crippen LogP contribution in [0, 0.1) is 6.92 Å². The number of rotatable bonds is 7. The Kier molecular flexibility index (Phi) is 6.00. The summed E-state index contributed by atoms with van der Waals surface area (Å²) in [5.41, 5.74) is 1.21. The molecule has 0 atom stereocenters. The molecule has 0 saturated heterocycles. The summed E-state index contributed by atoms with van der Waals surface area (Å²) in [4.78, 5) is 2.16. The Balaban J connectivity index is 1.80. The summed E-state index contributed by atoms with van der Waals surface area (Å²) in [6.07, 6.45) is 1.18. The summed E-state index contributed by atoms with van der Waals surface area (Å²) in [7, 11) is -7.88. The van der Waals surface area contributed by atoms with Crippen molar-refractivity contribution in [2.75, 3.05) is 0 Å². The minimum Gasteiger partial charge on any atom is -0.378 e. The first kappa shape index (κ1) is 20.6. The molecule has 3 rings (SSSR count). The first-order valence-electron chi connectivity index (χ1n) is 8.48. The van der Waals surface area contributed by atoms with E-state index in [2.05, 4.69) is 9.93 Å². The second-order valence-electron chi connectivity index (χ2n) is 6.05. The van der Waals surface area contributed by atoms with Gasteiger partial charge in [0.25, 0.3) is 10.0 Å². The van der Waals surface area contributed by atoms with Crippen LogP contribution in [0.3, 0.4) is 0 Å². The van der Waals surface area contributed by atoms with Gasteiger partial charge < -0.3 is 4.18 Å². The van der Waals surface area contributed by atoms with E-state index in [1.54, 1.807) is 48.5 Å².